The molecule has 0 saturated carbocycles. The molecule has 2 aliphatic heterocycles. The molecule has 14 heteroatoms. The van der Waals surface area contributed by atoms with Gasteiger partial charge < -0.3 is 23.6 Å². The molecule has 58 heavy (non-hydrogen) atoms. The van der Waals surface area contributed by atoms with E-state index in [0.717, 1.165) is 10.4 Å². The SMILES string of the molecule is Cc1cn(C2CC(O[Si](C)(C)C(C)(C)C)C(CNC(=O)CC3(C)CC(O[Si](c4ccccc4)(c4ccccc4)C(C)(C)C)CN3C(=O)OC(C)(C)C)O2)c(=O)[nH]c1=O. The first-order valence-electron chi connectivity index (χ1n) is 20.5. The van der Waals surface area contributed by atoms with Gasteiger partial charge in [0.25, 0.3) is 13.9 Å². The smallest absolute Gasteiger partial charge is 0.410 e. The standard InChI is InChI=1S/C44H66N4O8Si2/c1-30-28-47(39(51)46-38(30)50)37-24-34(56-57(12,13)42(5,6)7)35(53-37)27-45-36(49)26-44(11)25-31(29-48(44)40(52)54-41(2,3)4)55-58(43(8,9)10,32-20-16-14-17-21-32)33-22-18-15-19-23-33/h14-23,28,31,34-35,37H,24-27,29H2,1-13H3,(H,45,49)(H,46,50,51). The second-order valence-corrected chi connectivity index (χ2v) is 28.9. The molecule has 2 saturated heterocycles. The van der Waals surface area contributed by atoms with Gasteiger partial charge in [-0.1, -0.05) is 102 Å². The molecule has 0 spiro atoms. The summed E-state index contributed by atoms with van der Waals surface area (Å²) in [5, 5.41) is 4.98. The number of nitrogens with one attached hydrogen (secondary N) is 2. The molecule has 5 rings (SSSR count). The summed E-state index contributed by atoms with van der Waals surface area (Å²) in [6.07, 6.45) is -0.305. The lowest BCUT2D eigenvalue weighted by Gasteiger charge is -2.44. The summed E-state index contributed by atoms with van der Waals surface area (Å²) in [6, 6.07) is 20.8. The third kappa shape index (κ3) is 9.78. The van der Waals surface area contributed by atoms with Crippen LogP contribution in [0.5, 0.6) is 0 Å². The lowest BCUT2D eigenvalue weighted by Crippen LogP contribution is -2.67. The van der Waals surface area contributed by atoms with Crippen molar-refractivity contribution in [1.82, 2.24) is 19.8 Å². The van der Waals surface area contributed by atoms with E-state index in [2.05, 4.69) is 89.2 Å². The molecular formula is C44H66N4O8Si2. The van der Waals surface area contributed by atoms with Crippen molar-refractivity contribution < 1.29 is 27.9 Å². The van der Waals surface area contributed by atoms with Crippen LogP contribution in [0.25, 0.3) is 0 Å². The van der Waals surface area contributed by atoms with Gasteiger partial charge in [0.2, 0.25) is 5.91 Å². The first-order chi connectivity index (χ1) is 26.8. The van der Waals surface area contributed by atoms with Gasteiger partial charge in [0, 0.05) is 37.7 Å². The van der Waals surface area contributed by atoms with Crippen molar-refractivity contribution >= 4 is 39.0 Å². The molecule has 5 atom stereocenters. The van der Waals surface area contributed by atoms with Crippen molar-refractivity contribution in [3.63, 3.8) is 0 Å². The number of aromatic nitrogens is 2. The third-order valence-corrected chi connectivity index (χ3v) is 21.6. The minimum atomic E-state index is -3.00. The second-order valence-electron chi connectivity index (χ2n) is 19.9. The highest BCUT2D eigenvalue weighted by atomic mass is 28.4. The predicted molar refractivity (Wildman–Crippen MR) is 233 cm³/mol. The summed E-state index contributed by atoms with van der Waals surface area (Å²) >= 11 is 0. The Morgan fingerprint density at radius 2 is 1.47 bits per heavy atom. The van der Waals surface area contributed by atoms with Crippen molar-refractivity contribution in [2.24, 2.45) is 0 Å². The van der Waals surface area contributed by atoms with Crippen molar-refractivity contribution in [2.75, 3.05) is 13.1 Å². The lowest BCUT2D eigenvalue weighted by molar-refractivity contribution is -0.124. The largest absolute Gasteiger partial charge is 0.444 e. The number of ether oxygens (including phenoxy) is 2. The number of nitrogens with zero attached hydrogens (tertiary/aromatic N) is 2. The Morgan fingerprint density at radius 1 is 0.897 bits per heavy atom. The average Bonchev–Trinajstić information content (AvgIpc) is 3.65. The molecular weight excluding hydrogens is 769 g/mol. The van der Waals surface area contributed by atoms with Gasteiger partial charge in [0.15, 0.2) is 8.32 Å². The maximum absolute atomic E-state index is 14.1. The Bertz CT molecular complexity index is 1990. The van der Waals surface area contributed by atoms with Crippen LogP contribution in [-0.2, 0) is 23.1 Å². The van der Waals surface area contributed by atoms with Gasteiger partial charge in [-0.3, -0.25) is 24.0 Å². The molecule has 3 heterocycles. The van der Waals surface area contributed by atoms with Crippen LogP contribution in [-0.4, -0.2) is 85.6 Å². The number of H-pyrrole nitrogens is 1. The number of benzene rings is 2. The molecule has 0 radical (unpaired) electrons. The Hall–Kier alpha value is -3.83. The zero-order valence-corrected chi connectivity index (χ0v) is 38.9. The minimum absolute atomic E-state index is 0.00463. The van der Waals surface area contributed by atoms with Crippen LogP contribution in [0, 0.1) is 6.92 Å². The average molecular weight is 835 g/mol. The van der Waals surface area contributed by atoms with Gasteiger partial charge in [0.1, 0.15) is 17.9 Å². The van der Waals surface area contributed by atoms with Crippen molar-refractivity contribution in [1.29, 1.82) is 0 Å². The maximum atomic E-state index is 14.1. The van der Waals surface area contributed by atoms with Gasteiger partial charge in [-0.2, -0.15) is 0 Å². The van der Waals surface area contributed by atoms with E-state index in [1.165, 1.54) is 10.8 Å². The zero-order chi connectivity index (χ0) is 43.1. The first-order valence-corrected chi connectivity index (χ1v) is 25.3. The van der Waals surface area contributed by atoms with Gasteiger partial charge in [-0.25, -0.2) is 9.59 Å². The summed E-state index contributed by atoms with van der Waals surface area (Å²) in [7, 11) is -5.31. The van der Waals surface area contributed by atoms with Gasteiger partial charge in [-0.15, -0.1) is 0 Å². The van der Waals surface area contributed by atoms with E-state index in [0.29, 0.717) is 18.4 Å². The van der Waals surface area contributed by atoms with Gasteiger partial charge >= 0.3 is 11.8 Å². The highest BCUT2D eigenvalue weighted by Crippen LogP contribution is 2.43. The Kier molecular flexibility index (Phi) is 13.0. The van der Waals surface area contributed by atoms with Crippen molar-refractivity contribution in [2.45, 2.75) is 154 Å². The molecule has 2 N–H and O–H groups in total. The Balaban J connectivity index is 1.42. The normalized spacial score (nSPS) is 23.2. The van der Waals surface area contributed by atoms with E-state index in [1.54, 1.807) is 11.8 Å². The number of aryl methyl sites for hydroxylation is 1. The Labute approximate surface area is 346 Å². The fourth-order valence-corrected chi connectivity index (χ4v) is 14.1. The minimum Gasteiger partial charge on any atom is -0.444 e. The summed E-state index contributed by atoms with van der Waals surface area (Å²) in [4.78, 5) is 57.3. The quantitative estimate of drug-likeness (QED) is 0.213. The fourth-order valence-electron chi connectivity index (χ4n) is 8.05. The zero-order valence-electron chi connectivity index (χ0n) is 36.9. The molecule has 2 fully saturated rings. The number of rotatable bonds is 11. The number of hydrogen-bond donors (Lipinski definition) is 2. The van der Waals surface area contributed by atoms with Crippen LogP contribution in [0.15, 0.2) is 76.4 Å². The molecule has 3 aromatic rings. The van der Waals surface area contributed by atoms with E-state index in [-0.39, 0.29) is 35.5 Å². The molecule has 12 nitrogen and oxygen atoms in total. The highest BCUT2D eigenvalue weighted by molar-refractivity contribution is 6.99. The van der Waals surface area contributed by atoms with Crippen molar-refractivity contribution in [3.05, 3.63) is 93.3 Å². The van der Waals surface area contributed by atoms with E-state index >= 15 is 0 Å². The molecule has 1 aromatic heterocycles. The molecule has 5 unspecified atom stereocenters. The number of carbonyl (C=O) groups is 2. The first kappa shape index (κ1) is 45.3. The fraction of sp³-hybridized carbons (Fsp3) is 0.591. The molecule has 2 aromatic carbocycles. The van der Waals surface area contributed by atoms with Crippen LogP contribution >= 0.6 is 0 Å². The van der Waals surface area contributed by atoms with E-state index < -0.39 is 69.7 Å². The topological polar surface area (TPSA) is 141 Å². The predicted octanol–water partition coefficient (Wildman–Crippen LogP) is 6.37. The third-order valence-electron chi connectivity index (χ3n) is 12.0. The van der Waals surface area contributed by atoms with E-state index in [1.807, 2.05) is 64.1 Å². The molecule has 2 amide bonds. The highest BCUT2D eigenvalue weighted by Gasteiger charge is 2.56. The Morgan fingerprint density at radius 3 is 1.98 bits per heavy atom. The van der Waals surface area contributed by atoms with Gasteiger partial charge in [-0.05, 0) is 74.6 Å². The van der Waals surface area contributed by atoms with Crippen LogP contribution < -0.4 is 26.9 Å². The number of amides is 2. The second kappa shape index (κ2) is 16.7. The van der Waals surface area contributed by atoms with Crippen LogP contribution in [0.4, 0.5) is 4.79 Å². The van der Waals surface area contributed by atoms with Gasteiger partial charge in [0.05, 0.1) is 17.7 Å². The molecule has 318 valence electrons. The summed E-state index contributed by atoms with van der Waals surface area (Å²) in [5.74, 6) is -0.266. The van der Waals surface area contributed by atoms with E-state index in [9.17, 15) is 19.2 Å². The monoisotopic (exact) mass is 834 g/mol. The summed E-state index contributed by atoms with van der Waals surface area (Å²) < 4.78 is 28.2. The van der Waals surface area contributed by atoms with Crippen molar-refractivity contribution in [3.8, 4) is 0 Å². The number of carbonyl (C=O) groups excluding carboxylic acids is 2. The maximum Gasteiger partial charge on any atom is 0.410 e. The molecule has 0 aliphatic carbocycles. The summed E-state index contributed by atoms with van der Waals surface area (Å²) in [6.45, 7) is 26.9. The number of likely N-dealkylation sites (tertiary alicyclic amines) is 1. The molecule has 0 bridgehead atoms. The number of hydrogen-bond acceptors (Lipinski definition) is 8. The van der Waals surface area contributed by atoms with Crippen LogP contribution in [0.2, 0.25) is 23.2 Å². The summed E-state index contributed by atoms with van der Waals surface area (Å²) in [5.41, 5.74) is -2.32. The number of aromatic amines is 1. The van der Waals surface area contributed by atoms with Crippen LogP contribution in [0.1, 0.15) is 100 Å². The van der Waals surface area contributed by atoms with E-state index in [4.69, 9.17) is 18.3 Å². The lowest BCUT2D eigenvalue weighted by atomic mass is 9.93. The molecule has 2 aliphatic rings. The van der Waals surface area contributed by atoms with Crippen LogP contribution in [0.3, 0.4) is 0 Å².